The zero-order chi connectivity index (χ0) is 27.8. The second-order valence-electron chi connectivity index (χ2n) is 8.72. The Balaban J connectivity index is 1.44. The van der Waals surface area contributed by atoms with Crippen LogP contribution in [0.4, 0.5) is 5.13 Å². The first-order chi connectivity index (χ1) is 18.8. The maximum absolute atomic E-state index is 13.0. The summed E-state index contributed by atoms with van der Waals surface area (Å²) in [6.07, 6.45) is -1.54. The van der Waals surface area contributed by atoms with Crippen molar-refractivity contribution in [2.24, 2.45) is 0 Å². The lowest BCUT2D eigenvalue weighted by Gasteiger charge is -2.20. The van der Waals surface area contributed by atoms with Gasteiger partial charge < -0.3 is 20.3 Å². The summed E-state index contributed by atoms with van der Waals surface area (Å²) in [5.74, 6) is -1.95. The van der Waals surface area contributed by atoms with E-state index in [0.717, 1.165) is 28.0 Å². The number of nitrogens with one attached hydrogen (secondary N) is 2. The summed E-state index contributed by atoms with van der Waals surface area (Å²) in [6.45, 7) is 0. The summed E-state index contributed by atoms with van der Waals surface area (Å²) >= 11 is 1.08. The fraction of sp³-hybridized carbons (Fsp3) is 0.172. The Bertz CT molecular complexity index is 1440. The molecule has 3 aromatic carbocycles. The van der Waals surface area contributed by atoms with Gasteiger partial charge in [-0.2, -0.15) is 0 Å². The molecule has 0 saturated carbocycles. The van der Waals surface area contributed by atoms with E-state index in [-0.39, 0.29) is 17.2 Å². The molecule has 4 N–H and O–H groups in total. The van der Waals surface area contributed by atoms with Gasteiger partial charge in [0, 0.05) is 17.8 Å². The van der Waals surface area contributed by atoms with E-state index in [1.807, 2.05) is 54.6 Å². The molecule has 2 atom stereocenters. The van der Waals surface area contributed by atoms with E-state index in [4.69, 9.17) is 4.74 Å². The SMILES string of the molecule is COc1ccccc1C(=O)Nc1nc(C(=O)N[C@H](Cc2ccc(-c3ccccc3)cc2)C[C@@H](O)C(=O)O)cs1. The fourth-order valence-corrected chi connectivity index (χ4v) is 4.69. The van der Waals surface area contributed by atoms with Crippen LogP contribution in [-0.2, 0) is 11.2 Å². The molecular formula is C29H27N3O6S. The Labute approximate surface area is 229 Å². The summed E-state index contributed by atoms with van der Waals surface area (Å²) < 4.78 is 5.21. The number of carboxylic acids is 1. The van der Waals surface area contributed by atoms with Crippen molar-refractivity contribution in [3.63, 3.8) is 0 Å². The number of thiazole rings is 1. The van der Waals surface area contributed by atoms with Crippen LogP contribution in [0.2, 0.25) is 0 Å². The van der Waals surface area contributed by atoms with Crippen molar-refractivity contribution in [2.45, 2.75) is 25.0 Å². The van der Waals surface area contributed by atoms with Crippen LogP contribution in [0, 0.1) is 0 Å². The van der Waals surface area contributed by atoms with Gasteiger partial charge in [0.15, 0.2) is 11.2 Å². The van der Waals surface area contributed by atoms with Crippen molar-refractivity contribution < 1.29 is 29.3 Å². The number of carbonyl (C=O) groups excluding carboxylic acids is 2. The molecule has 0 aliphatic carbocycles. The lowest BCUT2D eigenvalue weighted by molar-refractivity contribution is -0.147. The van der Waals surface area contributed by atoms with Gasteiger partial charge in [0.25, 0.3) is 11.8 Å². The number of amides is 2. The number of aromatic nitrogens is 1. The smallest absolute Gasteiger partial charge is 0.332 e. The second kappa shape index (κ2) is 12.8. The number of aliphatic hydroxyl groups excluding tert-OH is 1. The molecule has 0 aliphatic heterocycles. The second-order valence-corrected chi connectivity index (χ2v) is 9.58. The predicted molar refractivity (Wildman–Crippen MR) is 148 cm³/mol. The summed E-state index contributed by atoms with van der Waals surface area (Å²) in [6, 6.07) is 23.6. The molecule has 0 bridgehead atoms. The third-order valence-electron chi connectivity index (χ3n) is 5.98. The average molecular weight is 546 g/mol. The standard InChI is InChI=1S/C29H27N3O6S/c1-38-25-10-6-5-9-22(25)26(34)32-29-31-23(17-39-29)27(35)30-21(16-24(33)28(36)37)15-18-11-13-20(14-12-18)19-7-3-2-4-8-19/h2-14,17,21,24,33H,15-16H2,1H3,(H,30,35)(H,36,37)(H,31,32,34)/t21-,24-/m1/s1. The Morgan fingerprint density at radius 1 is 0.923 bits per heavy atom. The molecular weight excluding hydrogens is 518 g/mol. The third kappa shape index (κ3) is 7.28. The van der Waals surface area contributed by atoms with E-state index in [1.54, 1.807) is 24.3 Å². The number of benzene rings is 3. The number of carbonyl (C=O) groups is 3. The van der Waals surface area contributed by atoms with E-state index < -0.39 is 29.9 Å². The maximum atomic E-state index is 13.0. The first kappa shape index (κ1) is 27.5. The monoisotopic (exact) mass is 545 g/mol. The number of aliphatic hydroxyl groups is 1. The highest BCUT2D eigenvalue weighted by molar-refractivity contribution is 7.14. The van der Waals surface area contributed by atoms with Crippen LogP contribution >= 0.6 is 11.3 Å². The summed E-state index contributed by atoms with van der Waals surface area (Å²) in [5.41, 5.74) is 3.33. The number of para-hydroxylation sites is 1. The van der Waals surface area contributed by atoms with E-state index >= 15 is 0 Å². The molecule has 1 heterocycles. The summed E-state index contributed by atoms with van der Waals surface area (Å²) in [4.78, 5) is 41.1. The molecule has 10 heteroatoms. The van der Waals surface area contributed by atoms with Crippen molar-refractivity contribution in [1.29, 1.82) is 0 Å². The molecule has 0 radical (unpaired) electrons. The van der Waals surface area contributed by atoms with E-state index in [0.29, 0.717) is 17.7 Å². The van der Waals surface area contributed by atoms with Crippen LogP contribution in [0.5, 0.6) is 5.75 Å². The molecule has 4 rings (SSSR count). The lowest BCUT2D eigenvalue weighted by atomic mass is 9.97. The van der Waals surface area contributed by atoms with Gasteiger partial charge in [0.1, 0.15) is 11.4 Å². The largest absolute Gasteiger partial charge is 0.496 e. The van der Waals surface area contributed by atoms with Gasteiger partial charge in [-0.25, -0.2) is 9.78 Å². The molecule has 0 spiro atoms. The highest BCUT2D eigenvalue weighted by atomic mass is 32.1. The van der Waals surface area contributed by atoms with Crippen molar-refractivity contribution in [2.75, 3.05) is 12.4 Å². The minimum atomic E-state index is -1.65. The zero-order valence-corrected chi connectivity index (χ0v) is 21.9. The highest BCUT2D eigenvalue weighted by Crippen LogP contribution is 2.23. The van der Waals surface area contributed by atoms with Crippen LogP contribution in [0.1, 0.15) is 32.8 Å². The first-order valence-corrected chi connectivity index (χ1v) is 13.0. The number of aliphatic carboxylic acids is 1. The number of hydrogen-bond acceptors (Lipinski definition) is 7. The minimum Gasteiger partial charge on any atom is -0.496 e. The van der Waals surface area contributed by atoms with Crippen LogP contribution < -0.4 is 15.4 Å². The number of anilines is 1. The number of methoxy groups -OCH3 is 1. The summed E-state index contributed by atoms with van der Waals surface area (Å²) in [7, 11) is 1.47. The Morgan fingerprint density at radius 3 is 2.28 bits per heavy atom. The van der Waals surface area contributed by atoms with Gasteiger partial charge in [-0.15, -0.1) is 11.3 Å². The quantitative estimate of drug-likeness (QED) is 0.221. The molecule has 0 saturated heterocycles. The number of ether oxygens (including phenoxy) is 1. The minimum absolute atomic E-state index is 0.0598. The van der Waals surface area contributed by atoms with Crippen molar-refractivity contribution in [3.05, 3.63) is 101 Å². The van der Waals surface area contributed by atoms with Crippen LogP contribution in [-0.4, -0.2) is 52.2 Å². The first-order valence-electron chi connectivity index (χ1n) is 12.1. The molecule has 1 aromatic heterocycles. The van der Waals surface area contributed by atoms with Gasteiger partial charge in [0.2, 0.25) is 0 Å². The normalized spacial score (nSPS) is 12.3. The molecule has 0 unspecified atom stereocenters. The fourth-order valence-electron chi connectivity index (χ4n) is 4.00. The zero-order valence-electron chi connectivity index (χ0n) is 21.0. The molecule has 0 aliphatic rings. The van der Waals surface area contributed by atoms with Crippen LogP contribution in [0.3, 0.4) is 0 Å². The Morgan fingerprint density at radius 2 is 1.59 bits per heavy atom. The topological polar surface area (TPSA) is 138 Å². The molecule has 0 fully saturated rings. The maximum Gasteiger partial charge on any atom is 0.332 e. The Hall–Kier alpha value is -4.54. The van der Waals surface area contributed by atoms with Gasteiger partial charge in [-0.1, -0.05) is 66.7 Å². The van der Waals surface area contributed by atoms with Crippen molar-refractivity contribution in [1.82, 2.24) is 10.3 Å². The van der Waals surface area contributed by atoms with Gasteiger partial charge in [0.05, 0.1) is 12.7 Å². The highest BCUT2D eigenvalue weighted by Gasteiger charge is 2.24. The Kier molecular flexibility index (Phi) is 9.03. The van der Waals surface area contributed by atoms with Crippen LogP contribution in [0.15, 0.2) is 84.2 Å². The average Bonchev–Trinajstić information content (AvgIpc) is 3.42. The predicted octanol–water partition coefficient (Wildman–Crippen LogP) is 4.25. The molecule has 200 valence electrons. The number of rotatable bonds is 11. The molecule has 4 aromatic rings. The number of nitrogens with zero attached hydrogens (tertiary/aromatic N) is 1. The number of carboxylic acid groups (broad SMARTS) is 1. The van der Waals surface area contributed by atoms with E-state index in [2.05, 4.69) is 15.6 Å². The third-order valence-corrected chi connectivity index (χ3v) is 6.74. The van der Waals surface area contributed by atoms with Gasteiger partial charge >= 0.3 is 5.97 Å². The molecule has 2 amide bonds. The van der Waals surface area contributed by atoms with E-state index in [1.165, 1.54) is 12.5 Å². The van der Waals surface area contributed by atoms with Gasteiger partial charge in [-0.3, -0.25) is 14.9 Å². The summed E-state index contributed by atoms with van der Waals surface area (Å²) in [5, 5.41) is 26.3. The molecule has 39 heavy (non-hydrogen) atoms. The number of hydrogen-bond donors (Lipinski definition) is 4. The van der Waals surface area contributed by atoms with Gasteiger partial charge in [-0.05, 0) is 35.2 Å². The van der Waals surface area contributed by atoms with Crippen molar-refractivity contribution in [3.8, 4) is 16.9 Å². The van der Waals surface area contributed by atoms with Crippen LogP contribution in [0.25, 0.3) is 11.1 Å². The van der Waals surface area contributed by atoms with Crippen molar-refractivity contribution >= 4 is 34.3 Å². The molecule has 9 nitrogen and oxygen atoms in total. The lowest BCUT2D eigenvalue weighted by Crippen LogP contribution is -2.40. The van der Waals surface area contributed by atoms with E-state index in [9.17, 15) is 24.6 Å².